The molecular weight excluding hydrogens is 259 g/mol. The molecule has 0 saturated heterocycles. The summed E-state index contributed by atoms with van der Waals surface area (Å²) >= 11 is 0. The van der Waals surface area contributed by atoms with Crippen molar-refractivity contribution in [3.63, 3.8) is 0 Å². The quantitative estimate of drug-likeness (QED) is 0.898. The zero-order valence-corrected chi connectivity index (χ0v) is 10.2. The summed E-state index contributed by atoms with van der Waals surface area (Å²) in [5.41, 5.74) is 6.50. The Morgan fingerprint density at radius 1 is 1.37 bits per heavy atom. The molecule has 0 aliphatic rings. The molecule has 0 radical (unpaired) electrons. The lowest BCUT2D eigenvalue weighted by molar-refractivity contribution is -0.140. The van der Waals surface area contributed by atoms with E-state index in [2.05, 4.69) is 4.98 Å². The van der Waals surface area contributed by atoms with Crippen molar-refractivity contribution in [3.05, 3.63) is 30.1 Å². The zero-order chi connectivity index (χ0) is 14.2. The van der Waals surface area contributed by atoms with E-state index in [-0.39, 0.29) is 5.82 Å². The molecule has 2 unspecified atom stereocenters. The molecule has 0 aliphatic heterocycles. The molecule has 0 spiro atoms. The summed E-state index contributed by atoms with van der Waals surface area (Å²) in [4.78, 5) is 4.10. The van der Waals surface area contributed by atoms with Gasteiger partial charge < -0.3 is 15.4 Å². The molecule has 3 N–H and O–H groups in total. The van der Waals surface area contributed by atoms with Gasteiger partial charge in [0.15, 0.2) is 0 Å². The Balaban J connectivity index is 2.58. The third-order valence-electron chi connectivity index (χ3n) is 2.84. The molecule has 2 aromatic rings. The van der Waals surface area contributed by atoms with Gasteiger partial charge in [-0.25, -0.2) is 4.98 Å². The van der Waals surface area contributed by atoms with Crippen molar-refractivity contribution >= 4 is 11.0 Å². The molecule has 1 aromatic carbocycles. The zero-order valence-electron chi connectivity index (χ0n) is 10.2. The minimum Gasteiger partial charge on any atom is -0.391 e. The second-order valence-corrected chi connectivity index (χ2v) is 4.43. The van der Waals surface area contributed by atoms with Crippen molar-refractivity contribution in [2.24, 2.45) is 5.73 Å². The predicted molar refractivity (Wildman–Crippen MR) is 64.4 cm³/mol. The Bertz CT molecular complexity index is 577. The van der Waals surface area contributed by atoms with Crippen LogP contribution in [0.5, 0.6) is 0 Å². The summed E-state index contributed by atoms with van der Waals surface area (Å²) in [5.74, 6) is 0.0357. The second-order valence-electron chi connectivity index (χ2n) is 4.43. The minimum absolute atomic E-state index is 0.0357. The fourth-order valence-electron chi connectivity index (χ4n) is 1.91. The smallest absolute Gasteiger partial charge is 0.391 e. The van der Waals surface area contributed by atoms with Crippen LogP contribution in [0.1, 0.15) is 18.8 Å². The number of rotatable bonds is 3. The lowest BCUT2D eigenvalue weighted by Gasteiger charge is -2.17. The first-order valence-corrected chi connectivity index (χ1v) is 5.75. The first kappa shape index (κ1) is 13.8. The predicted octanol–water partition coefficient (Wildman–Crippen LogP) is 1.98. The van der Waals surface area contributed by atoms with Crippen molar-refractivity contribution in [1.29, 1.82) is 0 Å². The number of nitrogens with zero attached hydrogens (tertiary/aromatic N) is 2. The highest BCUT2D eigenvalue weighted by Crippen LogP contribution is 2.26. The van der Waals surface area contributed by atoms with E-state index in [1.165, 1.54) is 6.92 Å². The van der Waals surface area contributed by atoms with Gasteiger partial charge in [-0.2, -0.15) is 13.2 Å². The van der Waals surface area contributed by atoms with Gasteiger partial charge in [0.2, 0.25) is 0 Å². The van der Waals surface area contributed by atoms with Crippen LogP contribution in [0.15, 0.2) is 24.3 Å². The SMILES string of the molecule is CC(O)C(N)c1nc2ccccc2n1CC(F)(F)F. The molecule has 1 aromatic heterocycles. The third kappa shape index (κ3) is 2.87. The van der Waals surface area contributed by atoms with E-state index in [1.54, 1.807) is 24.3 Å². The Morgan fingerprint density at radius 2 is 2.00 bits per heavy atom. The highest BCUT2D eigenvalue weighted by molar-refractivity contribution is 5.76. The van der Waals surface area contributed by atoms with E-state index in [4.69, 9.17) is 5.73 Å². The summed E-state index contributed by atoms with van der Waals surface area (Å²) in [6.07, 6.45) is -5.36. The number of aliphatic hydroxyl groups excluding tert-OH is 1. The first-order valence-electron chi connectivity index (χ1n) is 5.75. The molecule has 0 aliphatic carbocycles. The van der Waals surface area contributed by atoms with Crippen molar-refractivity contribution in [2.75, 3.05) is 0 Å². The van der Waals surface area contributed by atoms with Crippen molar-refractivity contribution in [3.8, 4) is 0 Å². The Hall–Kier alpha value is -1.60. The summed E-state index contributed by atoms with van der Waals surface area (Å²) in [6, 6.07) is 5.52. The van der Waals surface area contributed by atoms with E-state index in [1.807, 2.05) is 0 Å². The minimum atomic E-state index is -4.38. The summed E-state index contributed by atoms with van der Waals surface area (Å²) < 4.78 is 38.9. The van der Waals surface area contributed by atoms with Crippen LogP contribution in [0, 0.1) is 0 Å². The number of hydrogen-bond acceptors (Lipinski definition) is 3. The number of benzene rings is 1. The highest BCUT2D eigenvalue weighted by Gasteiger charge is 2.32. The molecule has 1 heterocycles. The number of para-hydroxylation sites is 2. The van der Waals surface area contributed by atoms with Crippen LogP contribution in [0.2, 0.25) is 0 Å². The molecule has 0 amide bonds. The van der Waals surface area contributed by atoms with E-state index >= 15 is 0 Å². The number of hydrogen-bond donors (Lipinski definition) is 2. The standard InChI is InChI=1S/C12H14F3N3O/c1-7(19)10(16)11-17-8-4-2-3-5-9(8)18(11)6-12(13,14)15/h2-5,7,10,19H,6,16H2,1H3. The number of fused-ring (bicyclic) bond motifs is 1. The number of aromatic nitrogens is 2. The Labute approximate surface area is 107 Å². The summed E-state index contributed by atoms with van der Waals surface area (Å²) in [6.45, 7) is 0.241. The topological polar surface area (TPSA) is 64.1 Å². The fourth-order valence-corrected chi connectivity index (χ4v) is 1.91. The lowest BCUT2D eigenvalue weighted by atomic mass is 10.2. The number of aliphatic hydroxyl groups is 1. The molecule has 104 valence electrons. The van der Waals surface area contributed by atoms with Gasteiger partial charge in [0.25, 0.3) is 0 Å². The third-order valence-corrected chi connectivity index (χ3v) is 2.84. The molecular formula is C12H14F3N3O. The van der Waals surface area contributed by atoms with E-state index < -0.39 is 24.9 Å². The van der Waals surface area contributed by atoms with Crippen molar-refractivity contribution in [2.45, 2.75) is 31.8 Å². The summed E-state index contributed by atoms with van der Waals surface area (Å²) in [7, 11) is 0. The molecule has 4 nitrogen and oxygen atoms in total. The number of halogens is 3. The maximum absolute atomic E-state index is 12.6. The van der Waals surface area contributed by atoms with Gasteiger partial charge in [-0.3, -0.25) is 0 Å². The maximum atomic E-state index is 12.6. The lowest BCUT2D eigenvalue weighted by Crippen LogP contribution is -2.29. The molecule has 2 rings (SSSR count). The van der Waals surface area contributed by atoms with Crippen LogP contribution in [-0.2, 0) is 6.54 Å². The van der Waals surface area contributed by atoms with Gasteiger partial charge in [0, 0.05) is 0 Å². The average molecular weight is 273 g/mol. The van der Waals surface area contributed by atoms with E-state index in [0.29, 0.717) is 11.0 Å². The fraction of sp³-hybridized carbons (Fsp3) is 0.417. The van der Waals surface area contributed by atoms with Crippen LogP contribution in [-0.4, -0.2) is 26.9 Å². The van der Waals surface area contributed by atoms with Crippen LogP contribution in [0.25, 0.3) is 11.0 Å². The average Bonchev–Trinajstić information content (AvgIpc) is 2.65. The van der Waals surface area contributed by atoms with Crippen LogP contribution in [0.4, 0.5) is 13.2 Å². The van der Waals surface area contributed by atoms with Crippen LogP contribution >= 0.6 is 0 Å². The van der Waals surface area contributed by atoms with Gasteiger partial charge in [0.1, 0.15) is 12.4 Å². The van der Waals surface area contributed by atoms with Crippen molar-refractivity contribution in [1.82, 2.24) is 9.55 Å². The van der Waals surface area contributed by atoms with Crippen LogP contribution < -0.4 is 5.73 Å². The normalized spacial score (nSPS) is 15.7. The van der Waals surface area contributed by atoms with Crippen LogP contribution in [0.3, 0.4) is 0 Å². The second kappa shape index (κ2) is 4.82. The molecule has 2 atom stereocenters. The van der Waals surface area contributed by atoms with E-state index in [0.717, 1.165) is 4.57 Å². The largest absolute Gasteiger partial charge is 0.406 e. The number of imidazole rings is 1. The van der Waals surface area contributed by atoms with Gasteiger partial charge in [0.05, 0.1) is 23.2 Å². The highest BCUT2D eigenvalue weighted by atomic mass is 19.4. The molecule has 0 bridgehead atoms. The Kier molecular flexibility index (Phi) is 3.51. The van der Waals surface area contributed by atoms with E-state index in [9.17, 15) is 18.3 Å². The maximum Gasteiger partial charge on any atom is 0.406 e. The number of nitrogens with two attached hydrogens (primary N) is 1. The first-order chi connectivity index (χ1) is 8.79. The van der Waals surface area contributed by atoms with Gasteiger partial charge in [-0.15, -0.1) is 0 Å². The van der Waals surface area contributed by atoms with Crippen molar-refractivity contribution < 1.29 is 18.3 Å². The Morgan fingerprint density at radius 3 is 2.58 bits per heavy atom. The van der Waals surface area contributed by atoms with Gasteiger partial charge >= 0.3 is 6.18 Å². The molecule has 19 heavy (non-hydrogen) atoms. The van der Waals surface area contributed by atoms with Gasteiger partial charge in [-0.1, -0.05) is 12.1 Å². The number of alkyl halides is 3. The molecule has 0 saturated carbocycles. The monoisotopic (exact) mass is 273 g/mol. The molecule has 7 heteroatoms. The summed E-state index contributed by atoms with van der Waals surface area (Å²) in [5, 5.41) is 9.46. The molecule has 0 fully saturated rings. The van der Waals surface area contributed by atoms with Gasteiger partial charge in [-0.05, 0) is 19.1 Å².